The summed E-state index contributed by atoms with van der Waals surface area (Å²) in [5, 5.41) is 0. The number of benzene rings is 4. The first-order chi connectivity index (χ1) is 24.6. The summed E-state index contributed by atoms with van der Waals surface area (Å²) >= 11 is 0. The molecule has 0 radical (unpaired) electrons. The van der Waals surface area contributed by atoms with Gasteiger partial charge in [-0.15, -0.1) is 0 Å². The third-order valence-electron chi connectivity index (χ3n) is 9.14. The first-order valence-electron chi connectivity index (χ1n) is 16.5. The van der Waals surface area contributed by atoms with E-state index >= 15 is 0 Å². The minimum absolute atomic E-state index is 0.402. The molecule has 5 heterocycles. The Labute approximate surface area is 290 Å². The highest BCUT2D eigenvalue weighted by molar-refractivity contribution is 6.50. The van der Waals surface area contributed by atoms with Gasteiger partial charge in [0.25, 0.3) is 0 Å². The Kier molecular flexibility index (Phi) is 6.99. The Morgan fingerprint density at radius 2 is 0.880 bits per heavy atom. The van der Waals surface area contributed by atoms with Crippen LogP contribution in [0.5, 0.6) is 0 Å². The molecule has 50 heavy (non-hydrogen) atoms. The SMILES string of the molecule is NC1=C2N=C(C(c3ccccc3)=C2N)C(c2ccccc2)=C2N=C(C=C3C=CC(=N3)C=C3C=CC1=N3)C(c1ccccc1)=C2c1ccccc1. The fraction of sp³-hybridized carbons (Fsp3) is 0. The molecule has 6 heteroatoms. The third-order valence-corrected chi connectivity index (χ3v) is 9.14. The summed E-state index contributed by atoms with van der Waals surface area (Å²) in [5.74, 6) is 0. The van der Waals surface area contributed by atoms with Gasteiger partial charge in [0, 0.05) is 22.3 Å². The quantitative estimate of drug-likeness (QED) is 0.234. The van der Waals surface area contributed by atoms with Crippen molar-refractivity contribution in [1.82, 2.24) is 0 Å². The van der Waals surface area contributed by atoms with Crippen molar-refractivity contribution >= 4 is 45.1 Å². The van der Waals surface area contributed by atoms with Gasteiger partial charge in [0.15, 0.2) is 0 Å². The van der Waals surface area contributed by atoms with Crippen molar-refractivity contribution in [1.29, 1.82) is 0 Å². The van der Waals surface area contributed by atoms with Gasteiger partial charge < -0.3 is 11.5 Å². The Morgan fingerprint density at radius 1 is 0.360 bits per heavy atom. The molecule has 0 unspecified atom stereocenters. The minimum atomic E-state index is 0.402. The van der Waals surface area contributed by atoms with Crippen molar-refractivity contribution in [2.45, 2.75) is 0 Å². The molecule has 0 saturated carbocycles. The van der Waals surface area contributed by atoms with E-state index in [2.05, 4.69) is 78.9 Å². The number of aliphatic imine (C=N–C) groups is 4. The molecule has 0 saturated heterocycles. The smallest absolute Gasteiger partial charge is 0.112 e. The third kappa shape index (κ3) is 4.98. The van der Waals surface area contributed by atoms with Gasteiger partial charge in [-0.05, 0) is 58.7 Å². The highest BCUT2D eigenvalue weighted by atomic mass is 14.9. The van der Waals surface area contributed by atoms with Gasteiger partial charge in [-0.1, -0.05) is 121 Å². The average molecular weight is 643 g/mol. The second-order valence-corrected chi connectivity index (χ2v) is 12.3. The van der Waals surface area contributed by atoms with E-state index < -0.39 is 0 Å². The minimum Gasteiger partial charge on any atom is -0.396 e. The van der Waals surface area contributed by atoms with Crippen LogP contribution in [0.3, 0.4) is 0 Å². The molecule has 9 rings (SSSR count). The lowest BCUT2D eigenvalue weighted by atomic mass is 9.85. The molecular formula is C44H30N6. The zero-order valence-corrected chi connectivity index (χ0v) is 27.0. The van der Waals surface area contributed by atoms with Gasteiger partial charge in [0.05, 0.1) is 51.3 Å². The van der Waals surface area contributed by atoms with Crippen LogP contribution in [0.25, 0.3) is 22.3 Å². The van der Waals surface area contributed by atoms with Crippen LogP contribution in [0.2, 0.25) is 0 Å². The number of hydrogen-bond donors (Lipinski definition) is 2. The summed E-state index contributed by atoms with van der Waals surface area (Å²) in [6, 6.07) is 41.2. The number of nitrogens with zero attached hydrogens (tertiary/aromatic N) is 4. The van der Waals surface area contributed by atoms with Crippen molar-refractivity contribution in [2.24, 2.45) is 31.4 Å². The number of hydrogen-bond acceptors (Lipinski definition) is 6. The lowest BCUT2D eigenvalue weighted by Gasteiger charge is -2.17. The topological polar surface area (TPSA) is 101 Å². The lowest BCUT2D eigenvalue weighted by molar-refractivity contribution is 1.22. The van der Waals surface area contributed by atoms with Crippen molar-refractivity contribution < 1.29 is 0 Å². The summed E-state index contributed by atoms with van der Waals surface area (Å²) < 4.78 is 0. The number of allylic oxidation sites excluding steroid dienone is 10. The Morgan fingerprint density at radius 3 is 1.50 bits per heavy atom. The first kappa shape index (κ1) is 29.2. The van der Waals surface area contributed by atoms with Crippen molar-refractivity contribution in [3.63, 3.8) is 0 Å². The van der Waals surface area contributed by atoms with Gasteiger partial charge in [0.2, 0.25) is 0 Å². The van der Waals surface area contributed by atoms with Gasteiger partial charge in [0.1, 0.15) is 5.70 Å². The van der Waals surface area contributed by atoms with E-state index in [0.29, 0.717) is 28.5 Å². The monoisotopic (exact) mass is 642 g/mol. The molecule has 0 spiro atoms. The van der Waals surface area contributed by atoms with E-state index in [-0.39, 0.29) is 0 Å². The molecule has 0 fully saturated rings. The Hall–Kier alpha value is -6.92. The molecule has 6 nitrogen and oxygen atoms in total. The molecule has 5 aliphatic heterocycles. The summed E-state index contributed by atoms with van der Waals surface area (Å²) in [5.41, 5.74) is 28.2. The average Bonchev–Trinajstić information content (AvgIpc) is 3.96. The number of nitrogens with two attached hydrogens (primary N) is 2. The fourth-order valence-corrected chi connectivity index (χ4v) is 6.87. The van der Waals surface area contributed by atoms with Gasteiger partial charge >= 0.3 is 0 Å². The highest BCUT2D eigenvalue weighted by Gasteiger charge is 2.35. The van der Waals surface area contributed by atoms with Crippen LogP contribution in [-0.4, -0.2) is 22.8 Å². The zero-order chi connectivity index (χ0) is 33.6. The second-order valence-electron chi connectivity index (χ2n) is 12.3. The van der Waals surface area contributed by atoms with Crippen molar-refractivity contribution in [3.8, 4) is 0 Å². The van der Waals surface area contributed by atoms with E-state index in [1.807, 2.05) is 78.9 Å². The van der Waals surface area contributed by atoms with E-state index in [1.165, 1.54) is 0 Å². The standard InChI is InChI=1S/C44H30N6/c45-40-34-24-23-32(48-34)25-31-21-22-33(47-31)26-35-36(27-13-5-1-6-14-27)37(28-15-7-2-8-16-28)42(49-35)39(30-19-11-4-12-20-30)43-38(41(46)44(40)50-43)29-17-9-3-10-18-29/h1-26H,45-46H2. The summed E-state index contributed by atoms with van der Waals surface area (Å²) in [6.45, 7) is 0. The summed E-state index contributed by atoms with van der Waals surface area (Å²) in [7, 11) is 0. The van der Waals surface area contributed by atoms with Gasteiger partial charge in [-0.3, -0.25) is 0 Å². The van der Waals surface area contributed by atoms with Crippen LogP contribution in [0.15, 0.2) is 212 Å². The number of rotatable bonds is 4. The molecular weight excluding hydrogens is 613 g/mol. The second kappa shape index (κ2) is 12.0. The van der Waals surface area contributed by atoms with Crippen LogP contribution in [0.1, 0.15) is 22.3 Å². The maximum atomic E-state index is 7.12. The maximum absolute atomic E-state index is 7.12. The molecule has 0 amide bonds. The fourth-order valence-electron chi connectivity index (χ4n) is 6.87. The van der Waals surface area contributed by atoms with Crippen molar-refractivity contribution in [2.75, 3.05) is 0 Å². The summed E-state index contributed by atoms with van der Waals surface area (Å²) in [4.78, 5) is 20.7. The molecule has 4 aromatic carbocycles. The molecule has 4 N–H and O–H groups in total. The lowest BCUT2D eigenvalue weighted by Crippen LogP contribution is -2.14. The molecule has 4 aromatic rings. The van der Waals surface area contributed by atoms with Gasteiger partial charge in [-0.2, -0.15) is 0 Å². The van der Waals surface area contributed by atoms with Gasteiger partial charge in [-0.25, -0.2) is 20.0 Å². The predicted molar refractivity (Wildman–Crippen MR) is 206 cm³/mol. The highest BCUT2D eigenvalue weighted by Crippen LogP contribution is 2.46. The van der Waals surface area contributed by atoms with E-state index in [0.717, 1.165) is 73.1 Å². The molecule has 8 bridgehead atoms. The molecule has 0 aliphatic carbocycles. The molecule has 0 atom stereocenters. The molecule has 0 aromatic heterocycles. The molecule has 5 aliphatic rings. The first-order valence-corrected chi connectivity index (χ1v) is 16.5. The number of fused-ring (bicyclic) bond motifs is 4. The summed E-state index contributed by atoms with van der Waals surface area (Å²) in [6.07, 6.45) is 11.9. The van der Waals surface area contributed by atoms with Crippen LogP contribution in [0.4, 0.5) is 0 Å². The van der Waals surface area contributed by atoms with E-state index in [1.54, 1.807) is 0 Å². The zero-order valence-electron chi connectivity index (χ0n) is 27.0. The van der Waals surface area contributed by atoms with E-state index in [4.69, 9.17) is 31.4 Å². The van der Waals surface area contributed by atoms with Crippen molar-refractivity contribution in [3.05, 3.63) is 214 Å². The van der Waals surface area contributed by atoms with Crippen LogP contribution in [0, 0.1) is 0 Å². The van der Waals surface area contributed by atoms with E-state index in [9.17, 15) is 0 Å². The van der Waals surface area contributed by atoms with Crippen LogP contribution < -0.4 is 11.5 Å². The molecule has 236 valence electrons. The van der Waals surface area contributed by atoms with Crippen LogP contribution in [-0.2, 0) is 0 Å². The normalized spacial score (nSPS) is 18.0. The Balaban J connectivity index is 1.46. The maximum Gasteiger partial charge on any atom is 0.112 e. The predicted octanol–water partition coefficient (Wildman–Crippen LogP) is 8.26. The van der Waals surface area contributed by atoms with Crippen LogP contribution >= 0.6 is 0 Å². The largest absolute Gasteiger partial charge is 0.396 e. The Bertz CT molecular complexity index is 2480.